The number of nitrogens with one attached hydrogen (secondary N) is 1. The van der Waals surface area contributed by atoms with Crippen LogP contribution in [0.3, 0.4) is 0 Å². The van der Waals surface area contributed by atoms with E-state index < -0.39 is 15.0 Å². The number of carbonyl (C=O) groups is 1. The fourth-order valence-corrected chi connectivity index (χ4v) is 2.80. The third kappa shape index (κ3) is 3.24. The van der Waals surface area contributed by atoms with Gasteiger partial charge in [-0.05, 0) is 39.0 Å². The second-order valence-corrected chi connectivity index (χ2v) is 8.31. The van der Waals surface area contributed by atoms with Gasteiger partial charge in [0.05, 0.1) is 4.90 Å². The number of benzene rings is 1. The second kappa shape index (κ2) is 4.93. The first-order valence-corrected chi connectivity index (χ1v) is 8.42. The van der Waals surface area contributed by atoms with Crippen LogP contribution in [0.1, 0.15) is 32.3 Å². The molecule has 0 saturated heterocycles. The van der Waals surface area contributed by atoms with Crippen LogP contribution in [0.4, 0.5) is 0 Å². The molecule has 0 spiro atoms. The summed E-state index contributed by atoms with van der Waals surface area (Å²) in [6, 6.07) is 4.29. The van der Waals surface area contributed by atoms with E-state index in [-0.39, 0.29) is 22.9 Å². The van der Waals surface area contributed by atoms with Gasteiger partial charge in [0.2, 0.25) is 5.91 Å². The average molecular weight is 318 g/mol. The molecule has 110 valence electrons. The van der Waals surface area contributed by atoms with Crippen molar-refractivity contribution < 1.29 is 17.9 Å². The second-order valence-electron chi connectivity index (χ2n) is 5.74. The Balaban J connectivity index is 2.34. The zero-order valence-corrected chi connectivity index (χ0v) is 13.0. The summed E-state index contributed by atoms with van der Waals surface area (Å²) in [5.41, 5.74) is 0.184. The standard InChI is InChI=1S/C13H16ClNO4S/c1-13(2,3)15-12(16)10-7-19-11-5-4-8(6-9(10)11)20(14,17)18/h4-6,10H,7H2,1-3H3,(H,15,16). The van der Waals surface area contributed by atoms with Crippen LogP contribution in [0.5, 0.6) is 5.75 Å². The number of carbonyl (C=O) groups excluding carboxylic acids is 1. The van der Waals surface area contributed by atoms with Gasteiger partial charge in [-0.15, -0.1) is 0 Å². The molecule has 1 aromatic rings. The van der Waals surface area contributed by atoms with Crippen LogP contribution in [-0.4, -0.2) is 26.5 Å². The quantitative estimate of drug-likeness (QED) is 0.847. The number of rotatable bonds is 2. The van der Waals surface area contributed by atoms with Crippen molar-refractivity contribution in [2.24, 2.45) is 0 Å². The molecule has 0 aromatic heterocycles. The molecule has 1 amide bonds. The van der Waals surface area contributed by atoms with Crippen LogP contribution in [0.25, 0.3) is 0 Å². The molecular weight excluding hydrogens is 302 g/mol. The van der Waals surface area contributed by atoms with Gasteiger partial charge in [0.25, 0.3) is 9.05 Å². The van der Waals surface area contributed by atoms with E-state index in [9.17, 15) is 13.2 Å². The molecule has 5 nitrogen and oxygen atoms in total. The first kappa shape index (κ1) is 15.1. The number of ether oxygens (including phenoxy) is 1. The van der Waals surface area contributed by atoms with Gasteiger partial charge in [-0.3, -0.25) is 4.79 Å². The van der Waals surface area contributed by atoms with Crippen molar-refractivity contribution >= 4 is 25.6 Å². The van der Waals surface area contributed by atoms with Crippen molar-refractivity contribution in [3.05, 3.63) is 23.8 Å². The SMILES string of the molecule is CC(C)(C)NC(=O)C1COc2ccc(S(=O)(=O)Cl)cc21. The predicted molar refractivity (Wildman–Crippen MR) is 75.6 cm³/mol. The molecule has 0 aliphatic carbocycles. The van der Waals surface area contributed by atoms with E-state index in [0.717, 1.165) is 0 Å². The first-order chi connectivity index (χ1) is 9.08. The number of amides is 1. The predicted octanol–water partition coefficient (Wildman–Crippen LogP) is 2.00. The normalized spacial score (nSPS) is 18.3. The Morgan fingerprint density at radius 3 is 2.60 bits per heavy atom. The topological polar surface area (TPSA) is 72.5 Å². The smallest absolute Gasteiger partial charge is 0.261 e. The highest BCUT2D eigenvalue weighted by atomic mass is 35.7. The minimum absolute atomic E-state index is 0.0306. The maximum atomic E-state index is 12.2. The van der Waals surface area contributed by atoms with Crippen molar-refractivity contribution in [2.45, 2.75) is 37.1 Å². The Kier molecular flexibility index (Phi) is 3.73. The Labute approximate surface area is 122 Å². The fourth-order valence-electron chi connectivity index (χ4n) is 2.02. The van der Waals surface area contributed by atoms with Crippen LogP contribution in [-0.2, 0) is 13.8 Å². The lowest BCUT2D eigenvalue weighted by Gasteiger charge is -2.22. The molecule has 20 heavy (non-hydrogen) atoms. The van der Waals surface area contributed by atoms with Crippen LogP contribution in [0.2, 0.25) is 0 Å². The van der Waals surface area contributed by atoms with E-state index in [0.29, 0.717) is 11.3 Å². The van der Waals surface area contributed by atoms with E-state index >= 15 is 0 Å². The number of fused-ring (bicyclic) bond motifs is 1. The van der Waals surface area contributed by atoms with Gasteiger partial charge in [-0.1, -0.05) is 0 Å². The van der Waals surface area contributed by atoms with E-state index in [2.05, 4.69) is 5.32 Å². The molecule has 1 heterocycles. The lowest BCUT2D eigenvalue weighted by molar-refractivity contribution is -0.124. The van der Waals surface area contributed by atoms with Gasteiger partial charge in [0.1, 0.15) is 18.3 Å². The molecule has 0 bridgehead atoms. The number of hydrogen-bond acceptors (Lipinski definition) is 4. The summed E-state index contributed by atoms with van der Waals surface area (Å²) >= 11 is 0. The monoisotopic (exact) mass is 317 g/mol. The summed E-state index contributed by atoms with van der Waals surface area (Å²) in [5, 5.41) is 2.86. The van der Waals surface area contributed by atoms with Gasteiger partial charge in [0.15, 0.2) is 0 Å². The third-order valence-corrected chi connectivity index (χ3v) is 4.21. The minimum Gasteiger partial charge on any atom is -0.492 e. The molecule has 7 heteroatoms. The zero-order chi connectivity index (χ0) is 15.1. The molecule has 1 unspecified atom stereocenters. The maximum Gasteiger partial charge on any atom is 0.261 e. The average Bonchev–Trinajstić information content (AvgIpc) is 2.67. The van der Waals surface area contributed by atoms with E-state index in [1.807, 2.05) is 20.8 Å². The largest absolute Gasteiger partial charge is 0.492 e. The molecular formula is C13H16ClNO4S. The molecule has 1 aliphatic rings. The molecule has 0 saturated carbocycles. The van der Waals surface area contributed by atoms with Gasteiger partial charge in [-0.25, -0.2) is 8.42 Å². The van der Waals surface area contributed by atoms with Gasteiger partial charge in [-0.2, -0.15) is 0 Å². The molecule has 0 fully saturated rings. The number of hydrogen-bond donors (Lipinski definition) is 1. The van der Waals surface area contributed by atoms with Crippen LogP contribution < -0.4 is 10.1 Å². The Morgan fingerprint density at radius 2 is 2.05 bits per heavy atom. The highest BCUT2D eigenvalue weighted by molar-refractivity contribution is 8.13. The molecule has 2 rings (SSSR count). The summed E-state index contributed by atoms with van der Waals surface area (Å²) < 4.78 is 28.1. The van der Waals surface area contributed by atoms with E-state index in [1.165, 1.54) is 18.2 Å². The van der Waals surface area contributed by atoms with Crippen molar-refractivity contribution in [2.75, 3.05) is 6.61 Å². The van der Waals surface area contributed by atoms with Crippen LogP contribution in [0.15, 0.2) is 23.1 Å². The van der Waals surface area contributed by atoms with Gasteiger partial charge >= 0.3 is 0 Å². The highest BCUT2D eigenvalue weighted by Gasteiger charge is 2.33. The van der Waals surface area contributed by atoms with E-state index in [1.54, 1.807) is 0 Å². The Bertz CT molecular complexity index is 649. The highest BCUT2D eigenvalue weighted by Crippen LogP contribution is 2.36. The van der Waals surface area contributed by atoms with Gasteiger partial charge < -0.3 is 10.1 Å². The van der Waals surface area contributed by atoms with Crippen molar-refractivity contribution in [1.29, 1.82) is 0 Å². The van der Waals surface area contributed by atoms with Crippen molar-refractivity contribution in [3.63, 3.8) is 0 Å². The lowest BCUT2D eigenvalue weighted by Crippen LogP contribution is -2.43. The van der Waals surface area contributed by atoms with Gasteiger partial charge in [0, 0.05) is 21.8 Å². The summed E-state index contributed by atoms with van der Waals surface area (Å²) in [4.78, 5) is 12.2. The summed E-state index contributed by atoms with van der Waals surface area (Å²) in [5.74, 6) is -0.203. The third-order valence-electron chi connectivity index (χ3n) is 2.86. The fraction of sp³-hybridized carbons (Fsp3) is 0.462. The first-order valence-electron chi connectivity index (χ1n) is 6.11. The Hall–Kier alpha value is -1.27. The lowest BCUT2D eigenvalue weighted by atomic mass is 9.98. The maximum absolute atomic E-state index is 12.2. The summed E-state index contributed by atoms with van der Waals surface area (Å²) in [6.45, 7) is 5.83. The summed E-state index contributed by atoms with van der Waals surface area (Å²) in [6.07, 6.45) is 0. The number of halogens is 1. The molecule has 0 radical (unpaired) electrons. The van der Waals surface area contributed by atoms with Crippen LogP contribution >= 0.6 is 10.7 Å². The molecule has 1 atom stereocenters. The molecule has 1 aromatic carbocycles. The zero-order valence-electron chi connectivity index (χ0n) is 11.4. The van der Waals surface area contributed by atoms with Crippen LogP contribution in [0, 0.1) is 0 Å². The minimum atomic E-state index is -3.82. The summed E-state index contributed by atoms with van der Waals surface area (Å²) in [7, 11) is 1.50. The molecule has 1 aliphatic heterocycles. The Morgan fingerprint density at radius 1 is 1.40 bits per heavy atom. The van der Waals surface area contributed by atoms with Crippen molar-refractivity contribution in [1.82, 2.24) is 5.32 Å². The van der Waals surface area contributed by atoms with E-state index in [4.69, 9.17) is 15.4 Å². The molecule has 1 N–H and O–H groups in total. The van der Waals surface area contributed by atoms with Crippen molar-refractivity contribution in [3.8, 4) is 5.75 Å².